The molecule has 0 atom stereocenters. The summed E-state index contributed by atoms with van der Waals surface area (Å²) in [7, 11) is -3.66. The molecular weight excluding hydrogens is 408 g/mol. The smallest absolute Gasteiger partial charge is 0.240 e. The Kier molecular flexibility index (Phi) is 6.71. The molecule has 1 aliphatic rings. The van der Waals surface area contributed by atoms with Crippen molar-refractivity contribution in [3.8, 4) is 17.2 Å². The van der Waals surface area contributed by atoms with Gasteiger partial charge in [0.1, 0.15) is 18.9 Å². The van der Waals surface area contributed by atoms with E-state index in [-0.39, 0.29) is 32.2 Å². The highest BCUT2D eigenvalue weighted by Gasteiger charge is 2.25. The second-order valence-corrected chi connectivity index (χ2v) is 9.07. The third-order valence-electron chi connectivity index (χ3n) is 4.80. The maximum Gasteiger partial charge on any atom is 0.240 e. The second kappa shape index (κ2) is 9.25. The highest BCUT2D eigenvalue weighted by atomic mass is 32.2. The molecule has 3 rings (SSSR count). The molecule has 0 aliphatic carbocycles. The van der Waals surface area contributed by atoms with Crippen molar-refractivity contribution in [2.24, 2.45) is 0 Å². The van der Waals surface area contributed by atoms with Crippen molar-refractivity contribution in [2.45, 2.75) is 20.8 Å². The molecule has 1 aliphatic heterocycles. The number of aryl methyl sites for hydroxylation is 2. The lowest BCUT2D eigenvalue weighted by atomic mass is 10.1. The van der Waals surface area contributed by atoms with Gasteiger partial charge in [-0.15, -0.1) is 0 Å². The van der Waals surface area contributed by atoms with E-state index in [0.29, 0.717) is 17.2 Å². The van der Waals surface area contributed by atoms with Crippen molar-refractivity contribution >= 4 is 21.6 Å². The van der Waals surface area contributed by atoms with Crippen LogP contribution in [0, 0.1) is 13.8 Å². The maximum atomic E-state index is 12.6. The summed E-state index contributed by atoms with van der Waals surface area (Å²) in [5, 5.41) is 2.70. The Balaban J connectivity index is 1.59. The first-order chi connectivity index (χ1) is 14.3. The van der Waals surface area contributed by atoms with Crippen molar-refractivity contribution in [2.75, 3.05) is 36.5 Å². The number of rotatable bonds is 9. The predicted molar refractivity (Wildman–Crippen MR) is 114 cm³/mol. The van der Waals surface area contributed by atoms with E-state index in [9.17, 15) is 13.2 Å². The number of benzene rings is 2. The summed E-state index contributed by atoms with van der Waals surface area (Å²) in [6.45, 7) is 5.84. The molecule has 1 heterocycles. The SMILES string of the molecule is CCS(=O)(=O)N(CC(=O)NCCOc1ccc(C)c(C)c1)c1ccc2c(c1)OCO2. The van der Waals surface area contributed by atoms with E-state index in [1.807, 2.05) is 32.0 Å². The van der Waals surface area contributed by atoms with Crippen LogP contribution in [-0.4, -0.2) is 46.6 Å². The van der Waals surface area contributed by atoms with Gasteiger partial charge in [0.2, 0.25) is 22.7 Å². The van der Waals surface area contributed by atoms with Gasteiger partial charge in [0.05, 0.1) is 18.0 Å². The van der Waals surface area contributed by atoms with Gasteiger partial charge in [0, 0.05) is 6.07 Å². The topological polar surface area (TPSA) is 94.2 Å². The summed E-state index contributed by atoms with van der Waals surface area (Å²) in [6.07, 6.45) is 0. The minimum atomic E-state index is -3.66. The minimum Gasteiger partial charge on any atom is -0.492 e. The van der Waals surface area contributed by atoms with Crippen LogP contribution in [0.3, 0.4) is 0 Å². The number of carbonyl (C=O) groups excluding carboxylic acids is 1. The van der Waals surface area contributed by atoms with Gasteiger partial charge in [-0.05, 0) is 56.2 Å². The fourth-order valence-electron chi connectivity index (χ4n) is 2.90. The molecule has 0 unspecified atom stereocenters. The van der Waals surface area contributed by atoms with Crippen molar-refractivity contribution in [1.29, 1.82) is 0 Å². The molecule has 0 bridgehead atoms. The summed E-state index contributed by atoms with van der Waals surface area (Å²) in [4.78, 5) is 12.4. The third kappa shape index (κ3) is 5.15. The molecule has 162 valence electrons. The lowest BCUT2D eigenvalue weighted by Crippen LogP contribution is -2.42. The van der Waals surface area contributed by atoms with Gasteiger partial charge in [-0.25, -0.2) is 8.42 Å². The summed E-state index contributed by atoms with van der Waals surface area (Å²) in [6, 6.07) is 10.6. The summed E-state index contributed by atoms with van der Waals surface area (Å²) < 4.78 is 42.4. The van der Waals surface area contributed by atoms with Gasteiger partial charge in [-0.3, -0.25) is 9.10 Å². The molecule has 2 aromatic rings. The van der Waals surface area contributed by atoms with Crippen molar-refractivity contribution in [1.82, 2.24) is 5.32 Å². The van der Waals surface area contributed by atoms with Crippen LogP contribution in [0.15, 0.2) is 36.4 Å². The number of sulfonamides is 1. The van der Waals surface area contributed by atoms with Gasteiger partial charge in [-0.1, -0.05) is 6.07 Å². The number of nitrogens with one attached hydrogen (secondary N) is 1. The van der Waals surface area contributed by atoms with Gasteiger partial charge < -0.3 is 19.5 Å². The molecule has 0 aromatic heterocycles. The zero-order valence-electron chi connectivity index (χ0n) is 17.3. The number of nitrogens with zero attached hydrogens (tertiary/aromatic N) is 1. The number of carbonyl (C=O) groups is 1. The Labute approximate surface area is 176 Å². The average molecular weight is 435 g/mol. The van der Waals surface area contributed by atoms with Crippen LogP contribution in [0.1, 0.15) is 18.1 Å². The lowest BCUT2D eigenvalue weighted by molar-refractivity contribution is -0.119. The van der Waals surface area contributed by atoms with Crippen LogP contribution in [0.2, 0.25) is 0 Å². The number of hydrogen-bond donors (Lipinski definition) is 1. The van der Waals surface area contributed by atoms with Crippen LogP contribution in [0.25, 0.3) is 0 Å². The molecule has 8 nitrogen and oxygen atoms in total. The summed E-state index contributed by atoms with van der Waals surface area (Å²) in [5.41, 5.74) is 2.65. The largest absolute Gasteiger partial charge is 0.492 e. The van der Waals surface area contributed by atoms with Crippen LogP contribution in [0.5, 0.6) is 17.2 Å². The zero-order valence-corrected chi connectivity index (χ0v) is 18.1. The molecule has 1 N–H and O–H groups in total. The van der Waals surface area contributed by atoms with E-state index in [4.69, 9.17) is 14.2 Å². The molecule has 0 spiro atoms. The van der Waals surface area contributed by atoms with E-state index in [1.54, 1.807) is 18.2 Å². The van der Waals surface area contributed by atoms with Gasteiger partial charge in [-0.2, -0.15) is 0 Å². The number of anilines is 1. The second-order valence-electron chi connectivity index (χ2n) is 6.89. The van der Waals surface area contributed by atoms with E-state index in [1.165, 1.54) is 12.5 Å². The van der Waals surface area contributed by atoms with Crippen LogP contribution >= 0.6 is 0 Å². The van der Waals surface area contributed by atoms with Crippen LogP contribution in [0.4, 0.5) is 5.69 Å². The first kappa shape index (κ1) is 21.8. The van der Waals surface area contributed by atoms with Gasteiger partial charge in [0.15, 0.2) is 11.5 Å². The molecule has 1 amide bonds. The third-order valence-corrected chi connectivity index (χ3v) is 6.54. The highest BCUT2D eigenvalue weighted by Crippen LogP contribution is 2.36. The Bertz CT molecular complexity index is 1020. The molecule has 0 fully saturated rings. The number of hydrogen-bond acceptors (Lipinski definition) is 6. The summed E-state index contributed by atoms with van der Waals surface area (Å²) >= 11 is 0. The van der Waals surface area contributed by atoms with E-state index < -0.39 is 15.9 Å². The van der Waals surface area contributed by atoms with Crippen LogP contribution in [-0.2, 0) is 14.8 Å². The average Bonchev–Trinajstić information content (AvgIpc) is 3.19. The fourth-order valence-corrected chi connectivity index (χ4v) is 3.96. The van der Waals surface area contributed by atoms with Crippen molar-refractivity contribution < 1.29 is 27.4 Å². The quantitative estimate of drug-likeness (QED) is 0.609. The predicted octanol–water partition coefficient (Wildman–Crippen LogP) is 2.38. The Hall–Kier alpha value is -2.94. The van der Waals surface area contributed by atoms with Crippen molar-refractivity contribution in [3.63, 3.8) is 0 Å². The highest BCUT2D eigenvalue weighted by molar-refractivity contribution is 7.92. The minimum absolute atomic E-state index is 0.0836. The van der Waals surface area contributed by atoms with Crippen molar-refractivity contribution in [3.05, 3.63) is 47.5 Å². The summed E-state index contributed by atoms with van der Waals surface area (Å²) in [5.74, 6) is 1.16. The van der Waals surface area contributed by atoms with E-state index in [0.717, 1.165) is 15.6 Å². The monoisotopic (exact) mass is 434 g/mol. The number of fused-ring (bicyclic) bond motifs is 1. The molecule has 0 radical (unpaired) electrons. The number of ether oxygens (including phenoxy) is 3. The van der Waals surface area contributed by atoms with Crippen LogP contribution < -0.4 is 23.8 Å². The molecule has 30 heavy (non-hydrogen) atoms. The Morgan fingerprint density at radius 3 is 2.60 bits per heavy atom. The first-order valence-electron chi connectivity index (χ1n) is 9.67. The van der Waals surface area contributed by atoms with E-state index in [2.05, 4.69) is 5.32 Å². The maximum absolute atomic E-state index is 12.6. The molecular formula is C21H26N2O6S. The normalized spacial score (nSPS) is 12.5. The lowest BCUT2D eigenvalue weighted by Gasteiger charge is -2.23. The van der Waals surface area contributed by atoms with Gasteiger partial charge >= 0.3 is 0 Å². The zero-order chi connectivity index (χ0) is 21.7. The number of amides is 1. The first-order valence-corrected chi connectivity index (χ1v) is 11.3. The van der Waals surface area contributed by atoms with E-state index >= 15 is 0 Å². The Morgan fingerprint density at radius 1 is 1.10 bits per heavy atom. The fraction of sp³-hybridized carbons (Fsp3) is 0.381. The standard InChI is InChI=1S/C21H26N2O6S/c1-4-30(25,26)23(17-6-8-19-20(12-17)29-14-28-19)13-21(24)22-9-10-27-18-7-5-15(2)16(3)11-18/h5-8,11-12H,4,9-10,13-14H2,1-3H3,(H,22,24). The Morgan fingerprint density at radius 2 is 1.87 bits per heavy atom. The molecule has 0 saturated carbocycles. The molecule has 9 heteroatoms. The molecule has 0 saturated heterocycles. The molecule has 2 aromatic carbocycles. The van der Waals surface area contributed by atoms with Gasteiger partial charge in [0.25, 0.3) is 0 Å².